The zero-order chi connectivity index (χ0) is 11.9. The molecule has 0 aromatic heterocycles. The second-order valence-corrected chi connectivity index (χ2v) is 5.62. The van der Waals surface area contributed by atoms with Crippen LogP contribution in [0.3, 0.4) is 0 Å². The van der Waals surface area contributed by atoms with Crippen LogP contribution in [0.25, 0.3) is 0 Å². The maximum absolute atomic E-state index is 3.56. The molecule has 0 radical (unpaired) electrons. The highest BCUT2D eigenvalue weighted by atomic mass is 79.9. The predicted octanol–water partition coefficient (Wildman–Crippen LogP) is 3.98. The molecule has 0 unspecified atom stereocenters. The summed E-state index contributed by atoms with van der Waals surface area (Å²) in [5.41, 5.74) is 1.79. The molecule has 0 saturated heterocycles. The van der Waals surface area contributed by atoms with Gasteiger partial charge in [-0.25, -0.2) is 0 Å². The van der Waals surface area contributed by atoms with E-state index < -0.39 is 0 Å². The molecule has 0 aliphatic rings. The van der Waals surface area contributed by atoms with Crippen molar-refractivity contribution < 1.29 is 0 Å². The Bertz CT molecular complexity index is 282. The van der Waals surface area contributed by atoms with Crippen molar-refractivity contribution >= 4 is 15.9 Å². The van der Waals surface area contributed by atoms with Crippen LogP contribution in [0.5, 0.6) is 0 Å². The highest BCUT2D eigenvalue weighted by Crippen LogP contribution is 2.24. The quantitative estimate of drug-likeness (QED) is 0.590. The van der Waals surface area contributed by atoms with E-state index in [0.29, 0.717) is 5.41 Å². The Kier molecular flexibility index (Phi) is 6.07. The van der Waals surface area contributed by atoms with Gasteiger partial charge in [-0.3, -0.25) is 0 Å². The minimum absolute atomic E-state index is 0.425. The highest BCUT2D eigenvalue weighted by molar-refractivity contribution is 9.09. The van der Waals surface area contributed by atoms with E-state index in [-0.39, 0.29) is 0 Å². The number of rotatable bonds is 7. The van der Waals surface area contributed by atoms with E-state index in [4.69, 9.17) is 0 Å². The first-order valence-corrected chi connectivity index (χ1v) is 7.07. The third-order valence-corrected chi connectivity index (χ3v) is 4.26. The molecule has 1 nitrogen and oxygen atoms in total. The molecule has 1 aromatic carbocycles. The summed E-state index contributed by atoms with van der Waals surface area (Å²) in [5.74, 6) is 0. The largest absolute Gasteiger partial charge is 0.313 e. The first-order chi connectivity index (χ1) is 7.64. The van der Waals surface area contributed by atoms with Gasteiger partial charge in [0.1, 0.15) is 0 Å². The predicted molar refractivity (Wildman–Crippen MR) is 75.0 cm³/mol. The average molecular weight is 284 g/mol. The van der Waals surface area contributed by atoms with Crippen LogP contribution in [0.4, 0.5) is 0 Å². The lowest BCUT2D eigenvalue weighted by Crippen LogP contribution is -2.19. The van der Waals surface area contributed by atoms with Crippen molar-refractivity contribution in [1.29, 1.82) is 0 Å². The van der Waals surface area contributed by atoms with Gasteiger partial charge in [-0.2, -0.15) is 0 Å². The minimum Gasteiger partial charge on any atom is -0.313 e. The smallest absolute Gasteiger partial charge is 0.0205 e. The van der Waals surface area contributed by atoms with Gasteiger partial charge in [0, 0.05) is 11.9 Å². The van der Waals surface area contributed by atoms with Crippen LogP contribution in [0, 0.1) is 5.41 Å². The van der Waals surface area contributed by atoms with Crippen molar-refractivity contribution in [2.75, 3.05) is 11.9 Å². The van der Waals surface area contributed by atoms with Crippen molar-refractivity contribution in [3.63, 3.8) is 0 Å². The fourth-order valence-corrected chi connectivity index (χ4v) is 1.87. The maximum Gasteiger partial charge on any atom is 0.0205 e. The Labute approximate surface area is 108 Å². The van der Waals surface area contributed by atoms with Gasteiger partial charge in [-0.15, -0.1) is 0 Å². The summed E-state index contributed by atoms with van der Waals surface area (Å²) in [6, 6.07) is 10.6. The highest BCUT2D eigenvalue weighted by Gasteiger charge is 2.14. The molecule has 0 bridgehead atoms. The van der Waals surface area contributed by atoms with Crippen molar-refractivity contribution in [2.45, 2.75) is 33.2 Å². The molecule has 0 spiro atoms. The SMILES string of the molecule is CC(C)(CBr)CCCNCc1ccccc1. The van der Waals surface area contributed by atoms with Gasteiger partial charge >= 0.3 is 0 Å². The lowest BCUT2D eigenvalue weighted by molar-refractivity contribution is 0.372. The molecule has 0 atom stereocenters. The molecule has 0 fully saturated rings. The topological polar surface area (TPSA) is 12.0 Å². The molecule has 0 saturated carbocycles. The van der Waals surface area contributed by atoms with Crippen molar-refractivity contribution in [1.82, 2.24) is 5.32 Å². The van der Waals surface area contributed by atoms with Gasteiger partial charge in [-0.05, 0) is 30.4 Å². The first kappa shape index (κ1) is 13.7. The molecule has 1 aromatic rings. The van der Waals surface area contributed by atoms with E-state index in [2.05, 4.69) is 65.4 Å². The Morgan fingerprint density at radius 1 is 1.19 bits per heavy atom. The Balaban J connectivity index is 2.09. The third kappa shape index (κ3) is 5.66. The Morgan fingerprint density at radius 3 is 2.50 bits per heavy atom. The molecular formula is C14H22BrN. The molecule has 90 valence electrons. The zero-order valence-electron chi connectivity index (χ0n) is 10.3. The summed E-state index contributed by atoms with van der Waals surface area (Å²) in [5, 5.41) is 4.57. The molecular weight excluding hydrogens is 262 g/mol. The van der Waals surface area contributed by atoms with E-state index >= 15 is 0 Å². The zero-order valence-corrected chi connectivity index (χ0v) is 11.9. The molecule has 2 heteroatoms. The van der Waals surface area contributed by atoms with Gasteiger partial charge in [-0.1, -0.05) is 60.1 Å². The number of alkyl halides is 1. The van der Waals surface area contributed by atoms with Gasteiger partial charge in [0.05, 0.1) is 0 Å². The lowest BCUT2D eigenvalue weighted by atomic mass is 9.90. The van der Waals surface area contributed by atoms with E-state index in [9.17, 15) is 0 Å². The maximum atomic E-state index is 3.56. The molecule has 0 heterocycles. The van der Waals surface area contributed by atoms with E-state index in [1.807, 2.05) is 0 Å². The van der Waals surface area contributed by atoms with Gasteiger partial charge < -0.3 is 5.32 Å². The van der Waals surface area contributed by atoms with Crippen molar-refractivity contribution in [3.8, 4) is 0 Å². The molecule has 1 N–H and O–H groups in total. The number of nitrogens with one attached hydrogen (secondary N) is 1. The van der Waals surface area contributed by atoms with Crippen LogP contribution >= 0.6 is 15.9 Å². The normalized spacial score (nSPS) is 11.7. The second-order valence-electron chi connectivity index (χ2n) is 5.06. The Hall–Kier alpha value is -0.340. The summed E-state index contributed by atoms with van der Waals surface area (Å²) < 4.78 is 0. The lowest BCUT2D eigenvalue weighted by Gasteiger charge is -2.21. The van der Waals surface area contributed by atoms with Crippen molar-refractivity contribution in [2.24, 2.45) is 5.41 Å². The average Bonchev–Trinajstić information content (AvgIpc) is 2.30. The number of hydrogen-bond donors (Lipinski definition) is 1. The fraction of sp³-hybridized carbons (Fsp3) is 0.571. The monoisotopic (exact) mass is 283 g/mol. The summed E-state index contributed by atoms with van der Waals surface area (Å²) in [6.45, 7) is 6.69. The summed E-state index contributed by atoms with van der Waals surface area (Å²) >= 11 is 3.56. The Morgan fingerprint density at radius 2 is 1.88 bits per heavy atom. The second kappa shape index (κ2) is 7.08. The first-order valence-electron chi connectivity index (χ1n) is 5.95. The molecule has 0 aliphatic carbocycles. The van der Waals surface area contributed by atoms with Gasteiger partial charge in [0.15, 0.2) is 0 Å². The minimum atomic E-state index is 0.425. The van der Waals surface area contributed by atoms with E-state index in [1.165, 1.54) is 18.4 Å². The van der Waals surface area contributed by atoms with E-state index in [0.717, 1.165) is 18.4 Å². The standard InChI is InChI=1S/C14H22BrN/c1-14(2,12-15)9-6-10-16-11-13-7-4-3-5-8-13/h3-5,7-8,16H,6,9-12H2,1-2H3. The number of benzene rings is 1. The molecule has 1 rings (SSSR count). The molecule has 0 amide bonds. The number of hydrogen-bond acceptors (Lipinski definition) is 1. The van der Waals surface area contributed by atoms with Crippen LogP contribution in [0.2, 0.25) is 0 Å². The fourth-order valence-electron chi connectivity index (χ4n) is 1.59. The summed E-state index contributed by atoms with van der Waals surface area (Å²) in [7, 11) is 0. The van der Waals surface area contributed by atoms with Crippen LogP contribution < -0.4 is 5.32 Å². The van der Waals surface area contributed by atoms with Crippen LogP contribution in [-0.4, -0.2) is 11.9 Å². The molecule has 0 aliphatic heterocycles. The van der Waals surface area contributed by atoms with Crippen LogP contribution in [-0.2, 0) is 6.54 Å². The van der Waals surface area contributed by atoms with E-state index in [1.54, 1.807) is 0 Å². The van der Waals surface area contributed by atoms with Gasteiger partial charge in [0.2, 0.25) is 0 Å². The molecule has 16 heavy (non-hydrogen) atoms. The summed E-state index contributed by atoms with van der Waals surface area (Å²) in [4.78, 5) is 0. The van der Waals surface area contributed by atoms with Crippen LogP contribution in [0.15, 0.2) is 30.3 Å². The van der Waals surface area contributed by atoms with Gasteiger partial charge in [0.25, 0.3) is 0 Å². The van der Waals surface area contributed by atoms with Crippen LogP contribution in [0.1, 0.15) is 32.3 Å². The summed E-state index contributed by atoms with van der Waals surface area (Å²) in [6.07, 6.45) is 2.51. The third-order valence-electron chi connectivity index (χ3n) is 2.74. The number of halogens is 1. The van der Waals surface area contributed by atoms with Crippen molar-refractivity contribution in [3.05, 3.63) is 35.9 Å².